The highest BCUT2D eigenvalue weighted by atomic mass is 32.1. The van der Waals surface area contributed by atoms with E-state index in [-0.39, 0.29) is 5.78 Å². The maximum atomic E-state index is 12.8. The van der Waals surface area contributed by atoms with Gasteiger partial charge in [-0.15, -0.1) is 11.3 Å². The number of allylic oxidation sites excluding steroid dienone is 1. The lowest BCUT2D eigenvalue weighted by Crippen LogP contribution is -2.00. The average Bonchev–Trinajstić information content (AvgIpc) is 2.94. The van der Waals surface area contributed by atoms with Crippen molar-refractivity contribution in [3.63, 3.8) is 0 Å². The van der Waals surface area contributed by atoms with E-state index in [9.17, 15) is 9.90 Å². The zero-order valence-electron chi connectivity index (χ0n) is 15.4. The molecule has 2 nitrogen and oxygen atoms in total. The molecule has 4 rings (SSSR count). The Morgan fingerprint density at radius 3 is 2.72 bits per heavy atom. The van der Waals surface area contributed by atoms with Gasteiger partial charge in [0, 0.05) is 4.88 Å². The quantitative estimate of drug-likeness (QED) is 0.465. The van der Waals surface area contributed by atoms with Crippen LogP contribution in [0, 0.1) is 27.7 Å². The van der Waals surface area contributed by atoms with E-state index in [1.165, 1.54) is 16.0 Å². The van der Waals surface area contributed by atoms with Crippen molar-refractivity contribution in [2.45, 2.75) is 52.6 Å². The number of phenols is 1. The molecule has 2 aliphatic rings. The summed E-state index contributed by atoms with van der Waals surface area (Å²) in [6.45, 7) is 11.1. The van der Waals surface area contributed by atoms with Gasteiger partial charge < -0.3 is 5.11 Å². The summed E-state index contributed by atoms with van der Waals surface area (Å²) in [6, 6.07) is 1.95. The molecule has 4 heteroatoms. The van der Waals surface area contributed by atoms with E-state index < -0.39 is 0 Å². The van der Waals surface area contributed by atoms with Crippen molar-refractivity contribution in [3.05, 3.63) is 55.3 Å². The number of benzene rings is 1. The number of thiophene rings is 1. The molecule has 25 heavy (non-hydrogen) atoms. The maximum Gasteiger partial charge on any atom is 0.196 e. The van der Waals surface area contributed by atoms with E-state index in [0.29, 0.717) is 11.6 Å². The van der Waals surface area contributed by atoms with Crippen LogP contribution in [0.25, 0.3) is 6.08 Å². The number of carbonyl (C=O) groups excluding carboxylic acids is 1. The minimum atomic E-state index is 0.117. The van der Waals surface area contributed by atoms with Crippen LogP contribution in [0.4, 0.5) is 0 Å². The number of rotatable bonds is 3. The van der Waals surface area contributed by atoms with Crippen LogP contribution < -0.4 is 0 Å². The smallest absolute Gasteiger partial charge is 0.196 e. The molecular formula is C21H23BO2S. The largest absolute Gasteiger partial charge is 0.507 e. The summed E-state index contributed by atoms with van der Waals surface area (Å²) in [5.74, 6) is 1.95. The molecule has 128 valence electrons. The van der Waals surface area contributed by atoms with Gasteiger partial charge in [-0.2, -0.15) is 0 Å². The van der Waals surface area contributed by atoms with Crippen molar-refractivity contribution < 1.29 is 9.90 Å². The molecule has 1 fully saturated rings. The van der Waals surface area contributed by atoms with Crippen LogP contribution in [0.1, 0.15) is 53.7 Å². The molecule has 1 aliphatic heterocycles. The van der Waals surface area contributed by atoms with Gasteiger partial charge in [0.05, 0.1) is 4.88 Å². The highest BCUT2D eigenvalue weighted by Gasteiger charge is 2.56. The fourth-order valence-electron chi connectivity index (χ4n) is 4.53. The van der Waals surface area contributed by atoms with Gasteiger partial charge in [0.2, 0.25) is 0 Å². The van der Waals surface area contributed by atoms with Gasteiger partial charge in [0.25, 0.3) is 0 Å². The first-order valence-electron chi connectivity index (χ1n) is 8.95. The van der Waals surface area contributed by atoms with Crippen LogP contribution in [0.3, 0.4) is 0 Å². The second-order valence-corrected chi connectivity index (χ2v) is 8.94. The summed E-state index contributed by atoms with van der Waals surface area (Å²) in [5, 5.41) is 10.0. The van der Waals surface area contributed by atoms with E-state index in [1.807, 2.05) is 32.9 Å². The minimum absolute atomic E-state index is 0.117. The van der Waals surface area contributed by atoms with Gasteiger partial charge in [-0.1, -0.05) is 18.7 Å². The summed E-state index contributed by atoms with van der Waals surface area (Å²) < 4.78 is 0. The van der Waals surface area contributed by atoms with Crippen LogP contribution in [0.15, 0.2) is 12.1 Å². The van der Waals surface area contributed by atoms with E-state index >= 15 is 0 Å². The summed E-state index contributed by atoms with van der Waals surface area (Å²) in [4.78, 5) is 15.1. The molecule has 0 saturated carbocycles. The van der Waals surface area contributed by atoms with Crippen LogP contribution in [-0.4, -0.2) is 17.6 Å². The first kappa shape index (κ1) is 16.7. The van der Waals surface area contributed by atoms with E-state index in [0.717, 1.165) is 46.1 Å². The zero-order chi connectivity index (χ0) is 18.0. The molecule has 0 amide bonds. The van der Waals surface area contributed by atoms with Crippen LogP contribution in [0.2, 0.25) is 12.6 Å². The maximum absolute atomic E-state index is 12.8. The number of hydrogen-bond acceptors (Lipinski definition) is 3. The van der Waals surface area contributed by atoms with Crippen molar-refractivity contribution in [3.8, 4) is 5.75 Å². The summed E-state index contributed by atoms with van der Waals surface area (Å²) in [5.41, 5.74) is 6.55. The van der Waals surface area contributed by atoms with E-state index in [4.69, 9.17) is 0 Å². The summed E-state index contributed by atoms with van der Waals surface area (Å²) >= 11 is 1.66. The average molecular weight is 350 g/mol. The number of hydrogen-bond donors (Lipinski definition) is 1. The Labute approximate surface area is 153 Å². The van der Waals surface area contributed by atoms with Crippen molar-refractivity contribution >= 4 is 29.9 Å². The number of aromatic hydroxyl groups is 1. The van der Waals surface area contributed by atoms with Gasteiger partial charge in [0.1, 0.15) is 12.5 Å². The molecule has 0 unspecified atom stereocenters. The van der Waals surface area contributed by atoms with Crippen LogP contribution >= 0.6 is 11.3 Å². The predicted octanol–water partition coefficient (Wildman–Crippen LogP) is 5.27. The third kappa shape index (κ3) is 2.42. The van der Waals surface area contributed by atoms with E-state index in [2.05, 4.69) is 13.7 Å². The van der Waals surface area contributed by atoms with Gasteiger partial charge in [-0.3, -0.25) is 4.79 Å². The first-order valence-corrected chi connectivity index (χ1v) is 9.77. The predicted molar refractivity (Wildman–Crippen MR) is 107 cm³/mol. The normalized spacial score (nSPS) is 20.9. The highest BCUT2D eigenvalue weighted by Crippen LogP contribution is 2.62. The molecule has 1 aromatic carbocycles. The van der Waals surface area contributed by atoms with Crippen LogP contribution in [0.5, 0.6) is 5.75 Å². The summed E-state index contributed by atoms with van der Waals surface area (Å²) in [6.07, 6.45) is 4.69. The zero-order valence-corrected chi connectivity index (χ0v) is 16.3. The minimum Gasteiger partial charge on any atom is -0.507 e. The van der Waals surface area contributed by atoms with Crippen molar-refractivity contribution in [2.75, 3.05) is 0 Å². The fourth-order valence-corrected chi connectivity index (χ4v) is 5.69. The Bertz CT molecular complexity index is 938. The van der Waals surface area contributed by atoms with Crippen LogP contribution in [-0.2, 0) is 6.42 Å². The standard InChI is InChI=1S/C21H23BO2S/c1-10-8-14(11(2)12(3)20(10)24)6-7-17(23)21-15-9-16-19(22(16)5)18(15)13(4)25-21/h6-8,16,19,24H,9H2,1-5H3/b7-6+/t16-,19-/m1/s1. The second kappa shape index (κ2) is 5.60. The number of fused-ring (bicyclic) bond motifs is 3. The molecule has 2 atom stereocenters. The monoisotopic (exact) mass is 350 g/mol. The Balaban J connectivity index is 1.64. The SMILES string of the molecule is CB1[C@@H]2Cc3c(C(=O)/C=C/c4cc(C)c(O)c(C)c4C)sc(C)c3[C@H]12. The van der Waals surface area contributed by atoms with Crippen molar-refractivity contribution in [2.24, 2.45) is 0 Å². The molecule has 0 bridgehead atoms. The third-order valence-electron chi connectivity index (χ3n) is 6.30. The first-order chi connectivity index (χ1) is 11.8. The number of phenolic OH excluding ortho intramolecular Hbond substituents is 1. The van der Waals surface area contributed by atoms with E-state index in [1.54, 1.807) is 17.4 Å². The summed E-state index contributed by atoms with van der Waals surface area (Å²) in [7, 11) is 0. The Kier molecular flexibility index (Phi) is 3.73. The molecule has 1 saturated heterocycles. The molecule has 2 aromatic rings. The van der Waals surface area contributed by atoms with Gasteiger partial charge >= 0.3 is 0 Å². The fraction of sp³-hybridized carbons (Fsp3) is 0.381. The molecule has 0 spiro atoms. The molecule has 1 aliphatic carbocycles. The highest BCUT2D eigenvalue weighted by molar-refractivity contribution is 7.14. The molecule has 2 heterocycles. The molecule has 1 N–H and O–H groups in total. The van der Waals surface area contributed by atoms with Gasteiger partial charge in [-0.05, 0) is 85.5 Å². The Morgan fingerprint density at radius 2 is 2.00 bits per heavy atom. The Morgan fingerprint density at radius 1 is 1.28 bits per heavy atom. The molecule has 1 aromatic heterocycles. The van der Waals surface area contributed by atoms with Crippen molar-refractivity contribution in [1.82, 2.24) is 0 Å². The number of aryl methyl sites for hydroxylation is 2. The molecular weight excluding hydrogens is 327 g/mol. The number of carbonyl (C=O) groups is 1. The number of ketones is 1. The van der Waals surface area contributed by atoms with Gasteiger partial charge in [0.15, 0.2) is 5.78 Å². The lowest BCUT2D eigenvalue weighted by atomic mass is 9.64. The topological polar surface area (TPSA) is 37.3 Å². The lowest BCUT2D eigenvalue weighted by Gasteiger charge is -2.10. The molecule has 0 radical (unpaired) electrons. The van der Waals surface area contributed by atoms with Crippen molar-refractivity contribution in [1.29, 1.82) is 0 Å². The third-order valence-corrected chi connectivity index (χ3v) is 7.48. The lowest BCUT2D eigenvalue weighted by molar-refractivity contribution is 0.105. The Hall–Kier alpha value is -1.81. The second-order valence-electron chi connectivity index (χ2n) is 7.71. The van der Waals surface area contributed by atoms with Gasteiger partial charge in [-0.25, -0.2) is 0 Å².